The van der Waals surface area contributed by atoms with Crippen molar-refractivity contribution < 1.29 is 23.5 Å². The maximum atomic E-state index is 13.2. The number of para-hydroxylation sites is 1. The molecule has 0 aliphatic carbocycles. The Bertz CT molecular complexity index is 815. The maximum absolute atomic E-state index is 13.2. The molecule has 0 fully saturated rings. The number of hydrogen-bond acceptors (Lipinski definition) is 5. The highest BCUT2D eigenvalue weighted by Gasteiger charge is 2.40. The lowest BCUT2D eigenvalue weighted by Gasteiger charge is -2.13. The van der Waals surface area contributed by atoms with Crippen molar-refractivity contribution in [2.75, 3.05) is 11.9 Å². The van der Waals surface area contributed by atoms with E-state index in [1.54, 1.807) is 31.2 Å². The van der Waals surface area contributed by atoms with E-state index in [9.17, 15) is 14.0 Å². The Kier molecular flexibility index (Phi) is 4.79. The summed E-state index contributed by atoms with van der Waals surface area (Å²) in [5, 5.41) is 2.92. The molecule has 25 heavy (non-hydrogen) atoms. The van der Waals surface area contributed by atoms with Crippen molar-refractivity contribution in [1.29, 1.82) is 0 Å². The third kappa shape index (κ3) is 3.52. The predicted molar refractivity (Wildman–Crippen MR) is 89.0 cm³/mol. The summed E-state index contributed by atoms with van der Waals surface area (Å²) in [6, 6.07) is 14.4. The molecule has 0 radical (unpaired) electrons. The Balaban J connectivity index is 2.02. The number of carbonyl (C=O) groups is 2. The smallest absolute Gasteiger partial charge is 0.356 e. The largest absolute Gasteiger partial charge is 0.462 e. The van der Waals surface area contributed by atoms with Crippen LogP contribution in [0.1, 0.15) is 18.6 Å². The molecule has 1 heterocycles. The number of anilines is 1. The van der Waals surface area contributed by atoms with Gasteiger partial charge in [0.15, 0.2) is 6.10 Å². The third-order valence-electron chi connectivity index (χ3n) is 3.67. The summed E-state index contributed by atoms with van der Waals surface area (Å²) in [6.07, 6.45) is -0.946. The lowest BCUT2D eigenvalue weighted by atomic mass is 10.0. The molecule has 0 aromatic heterocycles. The van der Waals surface area contributed by atoms with Gasteiger partial charge in [-0.2, -0.15) is 0 Å². The number of ether oxygens (including phenoxy) is 2. The van der Waals surface area contributed by atoms with Crippen LogP contribution in [0.4, 0.5) is 10.1 Å². The fraction of sp³-hybridized carbons (Fsp3) is 0.158. The molecule has 0 bridgehead atoms. The highest BCUT2D eigenvalue weighted by Crippen LogP contribution is 2.36. The van der Waals surface area contributed by atoms with Crippen LogP contribution in [-0.4, -0.2) is 18.5 Å². The number of halogens is 1. The van der Waals surface area contributed by atoms with Crippen LogP contribution in [0, 0.1) is 5.82 Å². The molecule has 1 atom stereocenters. The van der Waals surface area contributed by atoms with E-state index in [2.05, 4.69) is 5.32 Å². The molecular formula is C19H16FNO4. The minimum absolute atomic E-state index is 0.0268. The molecule has 2 aromatic rings. The summed E-state index contributed by atoms with van der Waals surface area (Å²) in [6.45, 7) is 1.83. The molecule has 6 heteroatoms. The van der Waals surface area contributed by atoms with Crippen LogP contribution < -0.4 is 5.32 Å². The topological polar surface area (TPSA) is 64.6 Å². The molecule has 1 aliphatic heterocycles. The van der Waals surface area contributed by atoms with Crippen molar-refractivity contribution in [2.24, 2.45) is 0 Å². The first-order valence-corrected chi connectivity index (χ1v) is 7.80. The Labute approximate surface area is 144 Å². The van der Waals surface area contributed by atoms with Crippen LogP contribution in [0.5, 0.6) is 0 Å². The monoisotopic (exact) mass is 341 g/mol. The average molecular weight is 341 g/mol. The van der Waals surface area contributed by atoms with Crippen LogP contribution in [-0.2, 0) is 19.1 Å². The fourth-order valence-corrected chi connectivity index (χ4v) is 2.54. The number of cyclic esters (lactones) is 1. The summed E-state index contributed by atoms with van der Waals surface area (Å²) < 4.78 is 23.6. The number of rotatable bonds is 5. The Morgan fingerprint density at radius 2 is 1.84 bits per heavy atom. The highest BCUT2D eigenvalue weighted by molar-refractivity contribution is 6.06. The van der Waals surface area contributed by atoms with Gasteiger partial charge in [0.1, 0.15) is 17.1 Å². The molecule has 5 nitrogen and oxygen atoms in total. The third-order valence-corrected chi connectivity index (χ3v) is 3.67. The van der Waals surface area contributed by atoms with E-state index in [-0.39, 0.29) is 17.9 Å². The second-order valence-electron chi connectivity index (χ2n) is 5.34. The summed E-state index contributed by atoms with van der Waals surface area (Å²) in [5.41, 5.74) is 1.22. The van der Waals surface area contributed by atoms with E-state index in [0.717, 1.165) is 0 Å². The van der Waals surface area contributed by atoms with Crippen LogP contribution in [0.3, 0.4) is 0 Å². The zero-order valence-corrected chi connectivity index (χ0v) is 13.5. The number of carbonyl (C=O) groups excluding carboxylic acids is 2. The molecule has 1 aliphatic rings. The van der Waals surface area contributed by atoms with Gasteiger partial charge in [-0.05, 0) is 36.8 Å². The van der Waals surface area contributed by atoms with E-state index < -0.39 is 23.9 Å². The second kappa shape index (κ2) is 7.17. The molecule has 2 aromatic carbocycles. The normalized spacial score (nSPS) is 16.6. The van der Waals surface area contributed by atoms with E-state index in [1.165, 1.54) is 24.3 Å². The molecular weight excluding hydrogens is 325 g/mol. The molecule has 128 valence electrons. The van der Waals surface area contributed by atoms with Gasteiger partial charge in [0.25, 0.3) is 0 Å². The Morgan fingerprint density at radius 3 is 2.48 bits per heavy atom. The van der Waals surface area contributed by atoms with Crippen molar-refractivity contribution in [3.8, 4) is 0 Å². The van der Waals surface area contributed by atoms with Gasteiger partial charge in [-0.3, -0.25) is 0 Å². The average Bonchev–Trinajstić information content (AvgIpc) is 2.93. The highest BCUT2D eigenvalue weighted by atomic mass is 19.1. The zero-order valence-electron chi connectivity index (χ0n) is 13.5. The Morgan fingerprint density at radius 1 is 1.16 bits per heavy atom. The quantitative estimate of drug-likeness (QED) is 0.845. The van der Waals surface area contributed by atoms with Gasteiger partial charge < -0.3 is 14.8 Å². The van der Waals surface area contributed by atoms with Crippen molar-refractivity contribution in [3.63, 3.8) is 0 Å². The number of nitrogens with one attached hydrogen (secondary N) is 1. The number of hydrogen-bond donors (Lipinski definition) is 1. The van der Waals surface area contributed by atoms with Crippen molar-refractivity contribution in [2.45, 2.75) is 13.0 Å². The van der Waals surface area contributed by atoms with Gasteiger partial charge in [-0.15, -0.1) is 0 Å². The SMILES string of the molecule is CCOC(=O)C1=C(Nc2ccccc2)C(=O)OC1c1ccc(F)cc1. The standard InChI is InChI=1S/C19H16FNO4/c1-2-24-18(22)15-16(21-14-6-4-3-5-7-14)19(23)25-17(15)12-8-10-13(20)11-9-12/h3-11,17,21H,2H2,1H3. The van der Waals surface area contributed by atoms with E-state index in [1.807, 2.05) is 6.07 Å². The number of esters is 2. The fourth-order valence-electron chi connectivity index (χ4n) is 2.54. The van der Waals surface area contributed by atoms with Crippen LogP contribution in [0.15, 0.2) is 65.9 Å². The van der Waals surface area contributed by atoms with Gasteiger partial charge in [-0.1, -0.05) is 30.3 Å². The minimum atomic E-state index is -0.946. The maximum Gasteiger partial charge on any atom is 0.356 e. The molecule has 1 N–H and O–H groups in total. The van der Waals surface area contributed by atoms with Crippen LogP contribution in [0.25, 0.3) is 0 Å². The summed E-state index contributed by atoms with van der Waals surface area (Å²) in [5.74, 6) is -1.74. The van der Waals surface area contributed by atoms with Gasteiger partial charge in [0.05, 0.1) is 6.61 Å². The lowest BCUT2D eigenvalue weighted by molar-refractivity contribution is -0.142. The second-order valence-corrected chi connectivity index (χ2v) is 5.34. The van der Waals surface area contributed by atoms with Crippen molar-refractivity contribution >= 4 is 17.6 Å². The first-order chi connectivity index (χ1) is 12.1. The van der Waals surface area contributed by atoms with E-state index in [0.29, 0.717) is 11.3 Å². The van der Waals surface area contributed by atoms with Crippen LogP contribution >= 0.6 is 0 Å². The van der Waals surface area contributed by atoms with Gasteiger partial charge >= 0.3 is 11.9 Å². The number of benzene rings is 2. The lowest BCUT2D eigenvalue weighted by Crippen LogP contribution is -2.16. The molecule has 0 spiro atoms. The summed E-state index contributed by atoms with van der Waals surface area (Å²) >= 11 is 0. The molecule has 0 amide bonds. The van der Waals surface area contributed by atoms with Gasteiger partial charge in [0.2, 0.25) is 0 Å². The van der Waals surface area contributed by atoms with E-state index >= 15 is 0 Å². The van der Waals surface area contributed by atoms with Gasteiger partial charge in [0, 0.05) is 5.69 Å². The van der Waals surface area contributed by atoms with Crippen molar-refractivity contribution in [1.82, 2.24) is 0 Å². The molecule has 0 saturated carbocycles. The Hall–Kier alpha value is -3.15. The summed E-state index contributed by atoms with van der Waals surface area (Å²) in [7, 11) is 0. The first kappa shape index (κ1) is 16.7. The molecule has 0 saturated heterocycles. The van der Waals surface area contributed by atoms with Crippen LogP contribution in [0.2, 0.25) is 0 Å². The first-order valence-electron chi connectivity index (χ1n) is 7.80. The zero-order chi connectivity index (χ0) is 17.8. The van der Waals surface area contributed by atoms with E-state index in [4.69, 9.17) is 9.47 Å². The molecule has 3 rings (SSSR count). The minimum Gasteiger partial charge on any atom is -0.462 e. The summed E-state index contributed by atoms with van der Waals surface area (Å²) in [4.78, 5) is 24.7. The van der Waals surface area contributed by atoms with Gasteiger partial charge in [-0.25, -0.2) is 14.0 Å². The predicted octanol–water partition coefficient (Wildman–Crippen LogP) is 3.35. The van der Waals surface area contributed by atoms with Crippen molar-refractivity contribution in [3.05, 3.63) is 77.2 Å². The molecule has 1 unspecified atom stereocenters.